The van der Waals surface area contributed by atoms with Crippen LogP contribution in [0.4, 0.5) is 17.1 Å². The molecule has 0 saturated heterocycles. The normalized spacial score (nSPS) is 14.2. The number of rotatable bonds is 8. The fourth-order valence-electron chi connectivity index (χ4n) is 8.94. The molecule has 0 atom stereocenters. The van der Waals surface area contributed by atoms with Crippen molar-refractivity contribution in [3.63, 3.8) is 0 Å². The number of nitrogens with one attached hydrogen (secondary N) is 2. The Bertz CT molecular complexity index is 2910. The maximum atomic E-state index is 9.83. The van der Waals surface area contributed by atoms with Gasteiger partial charge < -0.3 is 10.2 Å². The minimum Gasteiger partial charge on any atom is -0.354 e. The first kappa shape index (κ1) is 35.9. The Morgan fingerprint density at radius 3 is 1.75 bits per heavy atom. The molecule has 8 aromatic carbocycles. The van der Waals surface area contributed by atoms with Gasteiger partial charge in [-0.05, 0) is 80.9 Å². The first-order chi connectivity index (χ1) is 29.0. The number of anilines is 3. The molecule has 3 nitrogen and oxygen atoms in total. The lowest BCUT2D eigenvalue weighted by atomic mass is 9.82. The summed E-state index contributed by atoms with van der Waals surface area (Å²) in [7, 11) is 0. The Morgan fingerprint density at radius 1 is 0.492 bits per heavy atom. The van der Waals surface area contributed by atoms with Crippen molar-refractivity contribution in [1.82, 2.24) is 5.32 Å². The Morgan fingerprint density at radius 2 is 1.05 bits per heavy atom. The van der Waals surface area contributed by atoms with E-state index in [-0.39, 0.29) is 5.41 Å². The lowest BCUT2D eigenvalue weighted by molar-refractivity contribution is 0.660. The number of allylic oxidation sites excluding steroid dienone is 1. The first-order valence-corrected chi connectivity index (χ1v) is 20.3. The van der Waals surface area contributed by atoms with E-state index in [0.29, 0.717) is 5.71 Å². The summed E-state index contributed by atoms with van der Waals surface area (Å²) in [5, 5.41) is 13.7. The topological polar surface area (TPSA) is 39.1 Å². The third kappa shape index (κ3) is 6.38. The molecule has 0 bridgehead atoms. The van der Waals surface area contributed by atoms with E-state index >= 15 is 0 Å². The molecular formula is C56H43N3. The molecule has 282 valence electrons. The standard InChI is InChI=1S/C56H43N3/c1-56(2)48-27-16-15-26-46(48)53-49(56)28-17-29-51(53)59(44-33-30-39(31-34-44)38-18-7-3-8-19-38)45-35-32-43-36-50(40-20-9-4-10-21-40)58-55(47(43)37-45)52(41-22-11-5-12-23-41)54(57)42-24-13-6-14-25-42/h3-37,57-58H,1-2H3/b55-52-,57-54?. The molecule has 2 aliphatic rings. The third-order valence-electron chi connectivity index (χ3n) is 11.9. The molecule has 0 fully saturated rings. The van der Waals surface area contributed by atoms with Crippen LogP contribution in [0.25, 0.3) is 45.3 Å². The van der Waals surface area contributed by atoms with Gasteiger partial charge in [-0.25, -0.2) is 0 Å². The van der Waals surface area contributed by atoms with Crippen molar-refractivity contribution in [2.45, 2.75) is 19.3 Å². The Balaban J connectivity index is 1.23. The van der Waals surface area contributed by atoms with E-state index in [1.54, 1.807) is 0 Å². The van der Waals surface area contributed by atoms with Crippen LogP contribution in [0.5, 0.6) is 0 Å². The predicted molar refractivity (Wildman–Crippen MR) is 248 cm³/mol. The van der Waals surface area contributed by atoms with Crippen molar-refractivity contribution in [3.8, 4) is 22.3 Å². The van der Waals surface area contributed by atoms with Crippen LogP contribution in [0, 0.1) is 5.41 Å². The van der Waals surface area contributed by atoms with E-state index in [0.717, 1.165) is 61.8 Å². The van der Waals surface area contributed by atoms with Gasteiger partial charge in [0, 0.05) is 44.8 Å². The van der Waals surface area contributed by atoms with Crippen LogP contribution in [0.1, 0.15) is 52.8 Å². The maximum Gasteiger partial charge on any atom is 0.0711 e. The van der Waals surface area contributed by atoms with Crippen LogP contribution >= 0.6 is 0 Å². The highest BCUT2D eigenvalue weighted by Crippen LogP contribution is 2.54. The highest BCUT2D eigenvalue weighted by Gasteiger charge is 2.38. The highest BCUT2D eigenvalue weighted by atomic mass is 15.1. The smallest absolute Gasteiger partial charge is 0.0711 e. The van der Waals surface area contributed by atoms with Crippen molar-refractivity contribution in [3.05, 3.63) is 245 Å². The second-order valence-electron chi connectivity index (χ2n) is 15.8. The first-order valence-electron chi connectivity index (χ1n) is 20.3. The molecule has 1 heterocycles. The minimum absolute atomic E-state index is 0.151. The van der Waals surface area contributed by atoms with E-state index in [9.17, 15) is 5.41 Å². The zero-order chi connectivity index (χ0) is 39.9. The van der Waals surface area contributed by atoms with Crippen molar-refractivity contribution in [2.75, 3.05) is 4.90 Å². The maximum absolute atomic E-state index is 9.83. The van der Waals surface area contributed by atoms with Gasteiger partial charge in [0.15, 0.2) is 0 Å². The van der Waals surface area contributed by atoms with Gasteiger partial charge >= 0.3 is 0 Å². The van der Waals surface area contributed by atoms with Gasteiger partial charge in [0.05, 0.1) is 17.1 Å². The van der Waals surface area contributed by atoms with Crippen LogP contribution in [0.3, 0.4) is 0 Å². The summed E-state index contributed by atoms with van der Waals surface area (Å²) in [6.45, 7) is 4.68. The molecule has 10 rings (SSSR count). The fraction of sp³-hybridized carbons (Fsp3) is 0.0536. The lowest BCUT2D eigenvalue weighted by Gasteiger charge is -2.31. The lowest BCUT2D eigenvalue weighted by Crippen LogP contribution is -2.21. The average molecular weight is 758 g/mol. The molecule has 0 radical (unpaired) electrons. The molecule has 0 saturated carbocycles. The van der Waals surface area contributed by atoms with Crippen LogP contribution in [0.2, 0.25) is 0 Å². The van der Waals surface area contributed by atoms with Gasteiger partial charge in [-0.3, -0.25) is 5.41 Å². The van der Waals surface area contributed by atoms with E-state index in [4.69, 9.17) is 0 Å². The summed E-state index contributed by atoms with van der Waals surface area (Å²) in [6, 6.07) is 72.9. The molecule has 0 aromatic heterocycles. The van der Waals surface area contributed by atoms with E-state index in [2.05, 4.69) is 194 Å². The number of nitrogens with zero attached hydrogens (tertiary/aromatic N) is 1. The number of fused-ring (bicyclic) bond motifs is 4. The van der Waals surface area contributed by atoms with Crippen LogP contribution in [-0.4, -0.2) is 5.71 Å². The van der Waals surface area contributed by atoms with Crippen LogP contribution in [-0.2, 0) is 5.41 Å². The highest BCUT2D eigenvalue weighted by molar-refractivity contribution is 6.36. The van der Waals surface area contributed by atoms with Crippen molar-refractivity contribution in [1.29, 1.82) is 5.41 Å². The van der Waals surface area contributed by atoms with Crippen molar-refractivity contribution >= 4 is 45.8 Å². The molecule has 1 aliphatic heterocycles. The zero-order valence-corrected chi connectivity index (χ0v) is 33.2. The van der Waals surface area contributed by atoms with Gasteiger partial charge in [-0.1, -0.05) is 190 Å². The summed E-state index contributed by atoms with van der Waals surface area (Å²) in [5.74, 6) is 0. The molecule has 3 heteroatoms. The van der Waals surface area contributed by atoms with Gasteiger partial charge in [0.25, 0.3) is 0 Å². The quantitative estimate of drug-likeness (QED) is 0.152. The van der Waals surface area contributed by atoms with E-state index in [1.165, 1.54) is 33.4 Å². The van der Waals surface area contributed by atoms with Crippen molar-refractivity contribution in [2.24, 2.45) is 0 Å². The van der Waals surface area contributed by atoms with Crippen molar-refractivity contribution < 1.29 is 0 Å². The summed E-state index contributed by atoms with van der Waals surface area (Å²) in [6.07, 6.45) is 2.24. The van der Waals surface area contributed by atoms with Crippen LogP contribution < -0.4 is 10.2 Å². The summed E-state index contributed by atoms with van der Waals surface area (Å²) in [4.78, 5) is 2.42. The van der Waals surface area contributed by atoms with Gasteiger partial charge in [-0.2, -0.15) is 0 Å². The summed E-state index contributed by atoms with van der Waals surface area (Å²) < 4.78 is 0. The Kier molecular flexibility index (Phi) is 8.99. The number of hydrogen-bond donors (Lipinski definition) is 2. The Labute approximate surface area is 346 Å². The third-order valence-corrected chi connectivity index (χ3v) is 11.9. The SMILES string of the molecule is CC1(C)c2ccccc2-c2c(N(c3ccc(-c4ccccc4)cc3)c3ccc4c(c3)/C(=C(/C(=N)c3ccccc3)c3ccccc3)NC(c3ccccc3)=C4)cccc21. The van der Waals surface area contributed by atoms with Gasteiger partial charge in [-0.15, -0.1) is 0 Å². The monoisotopic (exact) mass is 757 g/mol. The Hall–Kier alpha value is -7.49. The predicted octanol–water partition coefficient (Wildman–Crippen LogP) is 14.2. The molecule has 0 spiro atoms. The van der Waals surface area contributed by atoms with E-state index in [1.807, 2.05) is 42.5 Å². The molecule has 0 amide bonds. The molecule has 1 aliphatic carbocycles. The van der Waals surface area contributed by atoms with Gasteiger partial charge in [0.1, 0.15) is 0 Å². The molecular weight excluding hydrogens is 715 g/mol. The molecule has 2 N–H and O–H groups in total. The molecule has 8 aromatic rings. The zero-order valence-electron chi connectivity index (χ0n) is 33.2. The molecule has 0 unspecified atom stereocenters. The second-order valence-corrected chi connectivity index (χ2v) is 15.8. The van der Waals surface area contributed by atoms with E-state index < -0.39 is 0 Å². The van der Waals surface area contributed by atoms with Crippen LogP contribution in [0.15, 0.2) is 206 Å². The largest absolute Gasteiger partial charge is 0.354 e. The second kappa shape index (κ2) is 14.8. The summed E-state index contributed by atoms with van der Waals surface area (Å²) >= 11 is 0. The average Bonchev–Trinajstić information content (AvgIpc) is 3.54. The van der Waals surface area contributed by atoms with Gasteiger partial charge in [0.2, 0.25) is 0 Å². The number of hydrogen-bond acceptors (Lipinski definition) is 3. The molecule has 59 heavy (non-hydrogen) atoms. The minimum atomic E-state index is -0.151. The fourth-order valence-corrected chi connectivity index (χ4v) is 8.94. The summed E-state index contributed by atoms with van der Waals surface area (Å²) in [5.41, 5.74) is 18.8. The number of benzene rings is 8.